The first kappa shape index (κ1) is 14.6. The second-order valence-corrected chi connectivity index (χ2v) is 6.56. The summed E-state index contributed by atoms with van der Waals surface area (Å²) < 4.78 is 16.7. The standard InChI is InChI=1S/C10H20NO5P/c1-7(2)16-17(14,15)6-8-3-4-11-9(5-8)10(12)13/h7-9,11H,3-6H2,1-2H3,(H,12,13)(H,14,15)/t8-,9+/m1/s1. The molecule has 1 rings (SSSR count). The van der Waals surface area contributed by atoms with Crippen LogP contribution in [0, 0.1) is 5.92 Å². The van der Waals surface area contributed by atoms with Crippen molar-refractivity contribution in [3.05, 3.63) is 0 Å². The first-order valence-corrected chi connectivity index (χ1v) is 7.53. The lowest BCUT2D eigenvalue weighted by Crippen LogP contribution is -2.44. The quantitative estimate of drug-likeness (QED) is 0.643. The Kier molecular flexibility index (Phi) is 5.13. The monoisotopic (exact) mass is 265 g/mol. The molecule has 1 fully saturated rings. The molecule has 0 aromatic carbocycles. The van der Waals surface area contributed by atoms with E-state index in [1.165, 1.54) is 0 Å². The van der Waals surface area contributed by atoms with E-state index in [0.717, 1.165) is 0 Å². The van der Waals surface area contributed by atoms with Crippen LogP contribution in [-0.2, 0) is 13.9 Å². The first-order chi connectivity index (χ1) is 7.80. The first-order valence-electron chi connectivity index (χ1n) is 5.76. The van der Waals surface area contributed by atoms with E-state index in [0.29, 0.717) is 19.4 Å². The van der Waals surface area contributed by atoms with Crippen molar-refractivity contribution < 1.29 is 23.9 Å². The van der Waals surface area contributed by atoms with Gasteiger partial charge in [0.1, 0.15) is 6.04 Å². The van der Waals surface area contributed by atoms with Crippen LogP contribution in [0.5, 0.6) is 0 Å². The van der Waals surface area contributed by atoms with E-state index >= 15 is 0 Å². The molecule has 0 saturated carbocycles. The summed E-state index contributed by atoms with van der Waals surface area (Å²) in [5.41, 5.74) is 0. The lowest BCUT2D eigenvalue weighted by molar-refractivity contribution is -0.140. The number of hydrogen-bond donors (Lipinski definition) is 3. The molecule has 0 spiro atoms. The lowest BCUT2D eigenvalue weighted by Gasteiger charge is -2.29. The van der Waals surface area contributed by atoms with Crippen molar-refractivity contribution >= 4 is 13.6 Å². The minimum absolute atomic E-state index is 0.0383. The highest BCUT2D eigenvalue weighted by atomic mass is 31.2. The highest BCUT2D eigenvalue weighted by Gasteiger charge is 2.32. The third-order valence-electron chi connectivity index (χ3n) is 2.67. The van der Waals surface area contributed by atoms with E-state index in [1.54, 1.807) is 13.8 Å². The van der Waals surface area contributed by atoms with Crippen molar-refractivity contribution in [2.24, 2.45) is 5.92 Å². The molecule has 0 aromatic heterocycles. The average molecular weight is 265 g/mol. The highest BCUT2D eigenvalue weighted by molar-refractivity contribution is 7.52. The van der Waals surface area contributed by atoms with Crippen molar-refractivity contribution in [3.63, 3.8) is 0 Å². The van der Waals surface area contributed by atoms with Crippen LogP contribution < -0.4 is 5.32 Å². The minimum atomic E-state index is -3.59. The molecular formula is C10H20NO5P. The molecule has 1 aliphatic heterocycles. The predicted molar refractivity (Wildman–Crippen MR) is 63.1 cm³/mol. The van der Waals surface area contributed by atoms with Crippen LogP contribution in [0.1, 0.15) is 26.7 Å². The zero-order valence-corrected chi connectivity index (χ0v) is 11.0. The SMILES string of the molecule is CC(C)OP(=O)(O)C[C@@H]1CCN[C@H](C(=O)O)C1. The van der Waals surface area contributed by atoms with Gasteiger partial charge in [-0.25, -0.2) is 0 Å². The molecule has 1 aliphatic rings. The van der Waals surface area contributed by atoms with Crippen LogP contribution >= 0.6 is 7.60 Å². The van der Waals surface area contributed by atoms with Gasteiger partial charge in [0.05, 0.1) is 12.3 Å². The van der Waals surface area contributed by atoms with Gasteiger partial charge < -0.3 is 19.8 Å². The summed E-state index contributed by atoms with van der Waals surface area (Å²) in [6, 6.07) is -0.618. The molecule has 0 aliphatic carbocycles. The maximum atomic E-state index is 11.7. The maximum absolute atomic E-state index is 11.7. The molecule has 100 valence electrons. The number of rotatable bonds is 5. The van der Waals surface area contributed by atoms with Gasteiger partial charge in [-0.2, -0.15) is 0 Å². The molecule has 0 aromatic rings. The summed E-state index contributed by atoms with van der Waals surface area (Å²) in [7, 11) is -3.59. The topological polar surface area (TPSA) is 95.9 Å². The number of carbonyl (C=O) groups is 1. The molecule has 0 bridgehead atoms. The van der Waals surface area contributed by atoms with Crippen molar-refractivity contribution in [1.29, 1.82) is 0 Å². The normalized spacial score (nSPS) is 28.9. The van der Waals surface area contributed by atoms with Gasteiger partial charge in [0, 0.05) is 0 Å². The number of carboxylic acid groups (broad SMARTS) is 1. The molecular weight excluding hydrogens is 245 g/mol. The molecule has 7 heteroatoms. The Hall–Kier alpha value is -0.420. The van der Waals surface area contributed by atoms with Gasteiger partial charge in [-0.3, -0.25) is 9.36 Å². The van der Waals surface area contributed by atoms with E-state index in [2.05, 4.69) is 5.32 Å². The number of piperidine rings is 1. The van der Waals surface area contributed by atoms with Crippen LogP contribution in [0.4, 0.5) is 0 Å². The summed E-state index contributed by atoms with van der Waals surface area (Å²) in [5, 5.41) is 11.7. The molecule has 3 N–H and O–H groups in total. The molecule has 0 radical (unpaired) electrons. The molecule has 1 saturated heterocycles. The summed E-state index contributed by atoms with van der Waals surface area (Å²) in [4.78, 5) is 20.4. The van der Waals surface area contributed by atoms with E-state index in [-0.39, 0.29) is 18.2 Å². The highest BCUT2D eigenvalue weighted by Crippen LogP contribution is 2.46. The van der Waals surface area contributed by atoms with Crippen molar-refractivity contribution in [1.82, 2.24) is 5.32 Å². The van der Waals surface area contributed by atoms with Crippen LogP contribution in [-0.4, -0.2) is 40.8 Å². The number of hydrogen-bond acceptors (Lipinski definition) is 4. The fourth-order valence-electron chi connectivity index (χ4n) is 2.05. The summed E-state index contributed by atoms with van der Waals surface area (Å²) >= 11 is 0. The van der Waals surface area contributed by atoms with Crippen LogP contribution in [0.25, 0.3) is 0 Å². The number of nitrogens with one attached hydrogen (secondary N) is 1. The van der Waals surface area contributed by atoms with Crippen molar-refractivity contribution in [2.75, 3.05) is 12.7 Å². The zero-order valence-electron chi connectivity index (χ0n) is 10.1. The molecule has 1 unspecified atom stereocenters. The fraction of sp³-hybridized carbons (Fsp3) is 0.900. The predicted octanol–water partition coefficient (Wildman–Crippen LogP) is 1.05. The Morgan fingerprint density at radius 1 is 1.59 bits per heavy atom. The Morgan fingerprint density at radius 3 is 2.76 bits per heavy atom. The van der Waals surface area contributed by atoms with E-state index in [1.807, 2.05) is 0 Å². The third-order valence-corrected chi connectivity index (χ3v) is 4.40. The van der Waals surface area contributed by atoms with Crippen molar-refractivity contribution in [2.45, 2.75) is 38.8 Å². The fourth-order valence-corrected chi connectivity index (χ4v) is 3.78. The van der Waals surface area contributed by atoms with E-state index < -0.39 is 19.6 Å². The van der Waals surface area contributed by atoms with Crippen molar-refractivity contribution in [3.8, 4) is 0 Å². The van der Waals surface area contributed by atoms with Gasteiger partial charge in [-0.05, 0) is 39.2 Å². The third kappa shape index (κ3) is 5.17. The summed E-state index contributed by atoms with van der Waals surface area (Å²) in [6.45, 7) is 3.96. The molecule has 17 heavy (non-hydrogen) atoms. The lowest BCUT2D eigenvalue weighted by atomic mass is 9.94. The van der Waals surface area contributed by atoms with Gasteiger partial charge >= 0.3 is 13.6 Å². The Labute approximate surface area is 101 Å². The Bertz CT molecular complexity index is 320. The largest absolute Gasteiger partial charge is 0.480 e. The number of carboxylic acids is 1. The van der Waals surface area contributed by atoms with Gasteiger partial charge in [0.15, 0.2) is 0 Å². The maximum Gasteiger partial charge on any atom is 0.328 e. The van der Waals surface area contributed by atoms with Crippen LogP contribution in [0.2, 0.25) is 0 Å². The molecule has 1 heterocycles. The zero-order chi connectivity index (χ0) is 13.1. The summed E-state index contributed by atoms with van der Waals surface area (Å²) in [6.07, 6.45) is 0.816. The average Bonchev–Trinajstić information content (AvgIpc) is 2.14. The van der Waals surface area contributed by atoms with Gasteiger partial charge in [-0.1, -0.05) is 0 Å². The van der Waals surface area contributed by atoms with Crippen LogP contribution in [0.3, 0.4) is 0 Å². The van der Waals surface area contributed by atoms with E-state index in [9.17, 15) is 14.3 Å². The molecule has 3 atom stereocenters. The Morgan fingerprint density at radius 2 is 2.24 bits per heavy atom. The molecule has 0 amide bonds. The second kappa shape index (κ2) is 5.96. The number of aliphatic carboxylic acids is 1. The van der Waals surface area contributed by atoms with Gasteiger partial charge in [-0.15, -0.1) is 0 Å². The van der Waals surface area contributed by atoms with E-state index in [4.69, 9.17) is 9.63 Å². The second-order valence-electron chi connectivity index (χ2n) is 4.71. The smallest absolute Gasteiger partial charge is 0.328 e. The summed E-state index contributed by atoms with van der Waals surface area (Å²) in [5.74, 6) is -0.987. The minimum Gasteiger partial charge on any atom is -0.480 e. The van der Waals surface area contributed by atoms with Gasteiger partial charge in [0.25, 0.3) is 0 Å². The Balaban J connectivity index is 2.51. The van der Waals surface area contributed by atoms with Crippen LogP contribution in [0.15, 0.2) is 0 Å². The molecule has 6 nitrogen and oxygen atoms in total. The van der Waals surface area contributed by atoms with Gasteiger partial charge in [0.2, 0.25) is 0 Å².